The first-order valence-corrected chi connectivity index (χ1v) is 11.3. The molecule has 2 fully saturated rings. The number of hydrogen-bond donors (Lipinski definition) is 3. The number of halogens is 1. The smallest absolute Gasteiger partial charge is 0.240 e. The van der Waals surface area contributed by atoms with Crippen LogP contribution in [0.25, 0.3) is 0 Å². The van der Waals surface area contributed by atoms with Crippen LogP contribution in [0.3, 0.4) is 0 Å². The van der Waals surface area contributed by atoms with Gasteiger partial charge in [0.15, 0.2) is 0 Å². The van der Waals surface area contributed by atoms with Gasteiger partial charge in [-0.25, -0.2) is 13.1 Å². The van der Waals surface area contributed by atoms with Crippen LogP contribution in [-0.2, 0) is 14.8 Å². The Morgan fingerprint density at radius 3 is 2.68 bits per heavy atom. The standard InChI is InChI=1S/C19H30N4O3S.ClH/c24-19(18-9-4-10-20-18)21-14-16-6-5-12-23(15-16)13-11-22-27(25,26)17-7-2-1-3-8-17;/h1-3,7-8,16,18,20,22H,4-6,9-15H2,(H,21,24);1H. The van der Waals surface area contributed by atoms with Crippen molar-refractivity contribution < 1.29 is 13.2 Å². The van der Waals surface area contributed by atoms with Gasteiger partial charge >= 0.3 is 0 Å². The molecule has 2 unspecified atom stereocenters. The molecule has 0 saturated carbocycles. The third kappa shape index (κ3) is 6.70. The van der Waals surface area contributed by atoms with Crippen LogP contribution in [0.4, 0.5) is 0 Å². The third-order valence-corrected chi connectivity index (χ3v) is 6.80. The van der Waals surface area contributed by atoms with Crippen molar-refractivity contribution in [1.82, 2.24) is 20.3 Å². The summed E-state index contributed by atoms with van der Waals surface area (Å²) in [4.78, 5) is 14.7. The molecule has 1 aromatic rings. The van der Waals surface area contributed by atoms with Crippen LogP contribution in [0, 0.1) is 5.92 Å². The second-order valence-electron chi connectivity index (χ2n) is 7.41. The number of carbonyl (C=O) groups is 1. The van der Waals surface area contributed by atoms with E-state index in [1.165, 1.54) is 0 Å². The lowest BCUT2D eigenvalue weighted by molar-refractivity contribution is -0.123. The number of carbonyl (C=O) groups excluding carboxylic acids is 1. The molecule has 158 valence electrons. The number of benzene rings is 1. The summed E-state index contributed by atoms with van der Waals surface area (Å²) >= 11 is 0. The molecule has 28 heavy (non-hydrogen) atoms. The Morgan fingerprint density at radius 2 is 1.96 bits per heavy atom. The fourth-order valence-electron chi connectivity index (χ4n) is 3.82. The van der Waals surface area contributed by atoms with Gasteiger partial charge in [-0.15, -0.1) is 12.4 Å². The van der Waals surface area contributed by atoms with E-state index in [1.807, 2.05) is 0 Å². The molecule has 2 aliphatic rings. The van der Waals surface area contributed by atoms with Crippen molar-refractivity contribution in [3.05, 3.63) is 30.3 Å². The van der Waals surface area contributed by atoms with Crippen molar-refractivity contribution in [2.24, 2.45) is 5.92 Å². The number of nitrogens with zero attached hydrogens (tertiary/aromatic N) is 1. The number of amides is 1. The molecule has 3 rings (SSSR count). The Bertz CT molecular complexity index is 711. The van der Waals surface area contributed by atoms with Crippen molar-refractivity contribution in [3.8, 4) is 0 Å². The molecule has 7 nitrogen and oxygen atoms in total. The summed E-state index contributed by atoms with van der Waals surface area (Å²) < 4.78 is 27.2. The Morgan fingerprint density at radius 1 is 1.18 bits per heavy atom. The Balaban J connectivity index is 0.00000280. The SMILES string of the molecule is Cl.O=C(NCC1CCCN(CCNS(=O)(=O)c2ccccc2)C1)C1CCCN1. The summed E-state index contributed by atoms with van der Waals surface area (Å²) in [7, 11) is -3.45. The van der Waals surface area contributed by atoms with Gasteiger partial charge in [-0.2, -0.15) is 0 Å². The van der Waals surface area contributed by atoms with Crippen LogP contribution in [-0.4, -0.2) is 64.5 Å². The predicted molar refractivity (Wildman–Crippen MR) is 112 cm³/mol. The van der Waals surface area contributed by atoms with Crippen LogP contribution >= 0.6 is 12.4 Å². The van der Waals surface area contributed by atoms with E-state index >= 15 is 0 Å². The zero-order chi connectivity index (χ0) is 19.1. The summed E-state index contributed by atoms with van der Waals surface area (Å²) in [6, 6.07) is 8.41. The summed E-state index contributed by atoms with van der Waals surface area (Å²) in [5, 5.41) is 6.30. The lowest BCUT2D eigenvalue weighted by Gasteiger charge is -2.33. The molecule has 3 N–H and O–H groups in total. The van der Waals surface area contributed by atoms with Crippen molar-refractivity contribution in [2.75, 3.05) is 39.3 Å². The number of hydrogen-bond acceptors (Lipinski definition) is 5. The first-order valence-electron chi connectivity index (χ1n) is 9.83. The molecule has 0 spiro atoms. The highest BCUT2D eigenvalue weighted by molar-refractivity contribution is 7.89. The molecular formula is C19H31ClN4O3S. The zero-order valence-corrected chi connectivity index (χ0v) is 17.7. The monoisotopic (exact) mass is 430 g/mol. The van der Waals surface area contributed by atoms with Gasteiger partial charge in [-0.05, 0) is 56.8 Å². The normalized spacial score (nSPS) is 23.1. The number of nitrogens with one attached hydrogen (secondary N) is 3. The maximum atomic E-state index is 12.3. The Kier molecular flexibility index (Phi) is 9.17. The fourth-order valence-corrected chi connectivity index (χ4v) is 4.86. The van der Waals surface area contributed by atoms with Crippen molar-refractivity contribution in [2.45, 2.75) is 36.6 Å². The molecule has 0 radical (unpaired) electrons. The molecule has 1 aromatic carbocycles. The number of piperidine rings is 1. The molecule has 0 bridgehead atoms. The summed E-state index contributed by atoms with van der Waals surface area (Å²) in [5.41, 5.74) is 0. The fraction of sp³-hybridized carbons (Fsp3) is 0.632. The highest BCUT2D eigenvalue weighted by Gasteiger charge is 2.24. The molecular weight excluding hydrogens is 400 g/mol. The van der Waals surface area contributed by atoms with E-state index in [0.29, 0.717) is 30.4 Å². The lowest BCUT2D eigenvalue weighted by atomic mass is 9.98. The van der Waals surface area contributed by atoms with Crippen molar-refractivity contribution in [3.63, 3.8) is 0 Å². The molecule has 0 aromatic heterocycles. The zero-order valence-electron chi connectivity index (χ0n) is 16.1. The van der Waals surface area contributed by atoms with E-state index in [2.05, 4.69) is 20.3 Å². The molecule has 0 aliphatic carbocycles. The van der Waals surface area contributed by atoms with E-state index in [0.717, 1.165) is 45.3 Å². The average Bonchev–Trinajstić information content (AvgIpc) is 3.22. The van der Waals surface area contributed by atoms with E-state index in [9.17, 15) is 13.2 Å². The number of sulfonamides is 1. The van der Waals surface area contributed by atoms with Crippen LogP contribution < -0.4 is 15.4 Å². The summed E-state index contributed by atoms with van der Waals surface area (Å²) in [5.74, 6) is 0.537. The van der Waals surface area contributed by atoms with Gasteiger partial charge in [0.25, 0.3) is 0 Å². The number of likely N-dealkylation sites (tertiary alicyclic amines) is 1. The molecule has 2 aliphatic heterocycles. The van der Waals surface area contributed by atoms with E-state index in [1.54, 1.807) is 30.3 Å². The van der Waals surface area contributed by atoms with Gasteiger partial charge in [0.05, 0.1) is 10.9 Å². The van der Waals surface area contributed by atoms with Crippen LogP contribution in [0.2, 0.25) is 0 Å². The lowest BCUT2D eigenvalue weighted by Crippen LogP contribution is -2.46. The number of rotatable bonds is 8. The second kappa shape index (κ2) is 11.1. The molecule has 1 amide bonds. The minimum Gasteiger partial charge on any atom is -0.354 e. The Labute approximate surface area is 174 Å². The minimum atomic E-state index is -3.45. The van der Waals surface area contributed by atoms with Gasteiger partial charge in [0, 0.05) is 26.2 Å². The maximum absolute atomic E-state index is 12.3. The van der Waals surface area contributed by atoms with Gasteiger partial charge in [-0.3, -0.25) is 4.79 Å². The Hall–Kier alpha value is -1.19. The van der Waals surface area contributed by atoms with Crippen LogP contribution in [0.1, 0.15) is 25.7 Å². The quantitative estimate of drug-likeness (QED) is 0.571. The summed E-state index contributed by atoms with van der Waals surface area (Å²) in [6.45, 7) is 4.56. The molecule has 9 heteroatoms. The topological polar surface area (TPSA) is 90.5 Å². The molecule has 2 heterocycles. The van der Waals surface area contributed by atoms with E-state index in [-0.39, 0.29) is 24.4 Å². The predicted octanol–water partition coefficient (Wildman–Crippen LogP) is 0.967. The first-order chi connectivity index (χ1) is 13.0. The van der Waals surface area contributed by atoms with Gasteiger partial charge in [0.2, 0.25) is 15.9 Å². The average molecular weight is 431 g/mol. The highest BCUT2D eigenvalue weighted by atomic mass is 35.5. The first kappa shape index (κ1) is 23.1. The van der Waals surface area contributed by atoms with Crippen LogP contribution in [0.5, 0.6) is 0 Å². The minimum absolute atomic E-state index is 0. The second-order valence-corrected chi connectivity index (χ2v) is 9.18. The van der Waals surface area contributed by atoms with Gasteiger partial charge < -0.3 is 15.5 Å². The van der Waals surface area contributed by atoms with Crippen molar-refractivity contribution >= 4 is 28.3 Å². The van der Waals surface area contributed by atoms with E-state index < -0.39 is 10.0 Å². The van der Waals surface area contributed by atoms with E-state index in [4.69, 9.17) is 0 Å². The highest BCUT2D eigenvalue weighted by Crippen LogP contribution is 2.16. The van der Waals surface area contributed by atoms with Gasteiger partial charge in [-0.1, -0.05) is 18.2 Å². The summed E-state index contributed by atoms with van der Waals surface area (Å²) in [6.07, 6.45) is 4.16. The maximum Gasteiger partial charge on any atom is 0.240 e. The van der Waals surface area contributed by atoms with Gasteiger partial charge in [0.1, 0.15) is 0 Å². The third-order valence-electron chi connectivity index (χ3n) is 5.32. The molecule has 2 atom stereocenters. The largest absolute Gasteiger partial charge is 0.354 e. The molecule has 2 saturated heterocycles. The van der Waals surface area contributed by atoms with Crippen LogP contribution in [0.15, 0.2) is 35.2 Å². The van der Waals surface area contributed by atoms with Crippen molar-refractivity contribution in [1.29, 1.82) is 0 Å².